The van der Waals surface area contributed by atoms with E-state index in [1.165, 1.54) is 0 Å². The molecule has 3 nitrogen and oxygen atoms in total. The van der Waals surface area contributed by atoms with Crippen LogP contribution in [0.3, 0.4) is 0 Å². The van der Waals surface area contributed by atoms with Crippen LogP contribution in [0.25, 0.3) is 0 Å². The Morgan fingerprint density at radius 2 is 1.64 bits per heavy atom. The fourth-order valence-corrected chi connectivity index (χ4v) is 2.19. The highest BCUT2D eigenvalue weighted by Crippen LogP contribution is 2.26. The molecule has 1 rings (SSSR count). The van der Waals surface area contributed by atoms with E-state index in [4.69, 9.17) is 4.74 Å². The normalized spacial score (nSPS) is 25.1. The molecule has 0 fully saturated rings. The lowest BCUT2D eigenvalue weighted by Gasteiger charge is -2.25. The van der Waals surface area contributed by atoms with Gasteiger partial charge in [0.25, 0.3) is 0 Å². The lowest BCUT2D eigenvalue weighted by molar-refractivity contribution is -0.00848. The van der Waals surface area contributed by atoms with Gasteiger partial charge < -0.3 is 14.9 Å². The smallest absolute Gasteiger partial charge is 0.102 e. The van der Waals surface area contributed by atoms with Gasteiger partial charge in [0.1, 0.15) is 5.60 Å². The van der Waals surface area contributed by atoms with E-state index in [1.54, 1.807) is 39.8 Å². The molecule has 2 N–H and O–H groups in total. The van der Waals surface area contributed by atoms with Crippen LogP contribution >= 0.6 is 0 Å². The first-order valence-corrected chi connectivity index (χ1v) is 8.64. The third-order valence-electron chi connectivity index (χ3n) is 3.73. The van der Waals surface area contributed by atoms with Crippen molar-refractivity contribution in [2.75, 3.05) is 6.61 Å². The summed E-state index contributed by atoms with van der Waals surface area (Å²) in [5.74, 6) is 0. The fraction of sp³-hybridized carbons (Fsp3) is 0.455. The van der Waals surface area contributed by atoms with E-state index in [0.717, 1.165) is 11.1 Å². The molecule has 0 aliphatic heterocycles. The Bertz CT molecular complexity index is 604. The molecule has 1 aliphatic rings. The zero-order valence-electron chi connectivity index (χ0n) is 16.1. The standard InChI is InChI=1S/C22H32O3/c1-7-9-18-11-14-22(6,25-17-16-21(4,5)24)15-12-19(18)10-8-13-20(2,3)23/h7-15,23-24H,1,16-17H2,2-6H3/b13-8+,18-9-,19-10-. The minimum atomic E-state index is -0.849. The number of hydrogen-bond donors (Lipinski definition) is 2. The van der Waals surface area contributed by atoms with E-state index in [0.29, 0.717) is 13.0 Å². The molecule has 1 atom stereocenters. The van der Waals surface area contributed by atoms with E-state index in [1.807, 2.05) is 49.5 Å². The summed E-state index contributed by atoms with van der Waals surface area (Å²) in [6.07, 6.45) is 17.8. The molecule has 0 saturated heterocycles. The van der Waals surface area contributed by atoms with Crippen molar-refractivity contribution in [3.05, 3.63) is 72.4 Å². The minimum absolute atomic E-state index is 0.465. The van der Waals surface area contributed by atoms with Crippen molar-refractivity contribution in [2.45, 2.75) is 57.8 Å². The first-order chi connectivity index (χ1) is 11.4. The van der Waals surface area contributed by atoms with E-state index in [2.05, 4.69) is 6.58 Å². The zero-order chi connectivity index (χ0) is 19.1. The van der Waals surface area contributed by atoms with Crippen LogP contribution in [0, 0.1) is 0 Å². The summed E-state index contributed by atoms with van der Waals surface area (Å²) in [4.78, 5) is 0. The van der Waals surface area contributed by atoms with Crippen LogP contribution in [0.5, 0.6) is 0 Å². The molecule has 0 amide bonds. The van der Waals surface area contributed by atoms with Crippen molar-refractivity contribution in [1.29, 1.82) is 0 Å². The van der Waals surface area contributed by atoms with E-state index in [9.17, 15) is 10.2 Å². The van der Waals surface area contributed by atoms with E-state index in [-0.39, 0.29) is 0 Å². The quantitative estimate of drug-likeness (QED) is 0.719. The molecule has 0 aromatic carbocycles. The Morgan fingerprint density at radius 3 is 2.12 bits per heavy atom. The molecule has 0 bridgehead atoms. The maximum atomic E-state index is 9.83. The average molecular weight is 344 g/mol. The van der Waals surface area contributed by atoms with Crippen molar-refractivity contribution >= 4 is 0 Å². The highest BCUT2D eigenvalue weighted by molar-refractivity contribution is 5.52. The van der Waals surface area contributed by atoms with Crippen LogP contribution < -0.4 is 0 Å². The second kappa shape index (κ2) is 8.61. The summed E-state index contributed by atoms with van der Waals surface area (Å²) in [5.41, 5.74) is -0.109. The molecule has 0 spiro atoms. The van der Waals surface area contributed by atoms with Gasteiger partial charge in [-0.2, -0.15) is 0 Å². The van der Waals surface area contributed by atoms with Gasteiger partial charge >= 0.3 is 0 Å². The third-order valence-corrected chi connectivity index (χ3v) is 3.73. The fourth-order valence-electron chi connectivity index (χ4n) is 2.19. The molecule has 3 heteroatoms. The Kier molecular flexibility index (Phi) is 7.36. The molecule has 25 heavy (non-hydrogen) atoms. The van der Waals surface area contributed by atoms with Crippen molar-refractivity contribution in [1.82, 2.24) is 0 Å². The van der Waals surface area contributed by atoms with Crippen LogP contribution in [-0.2, 0) is 4.74 Å². The molecule has 1 aliphatic carbocycles. The Balaban J connectivity index is 3.01. The van der Waals surface area contributed by atoms with Gasteiger partial charge in [0.15, 0.2) is 0 Å². The van der Waals surface area contributed by atoms with Gasteiger partial charge in [-0.15, -0.1) is 0 Å². The van der Waals surface area contributed by atoms with Gasteiger partial charge in [0, 0.05) is 0 Å². The predicted molar refractivity (Wildman–Crippen MR) is 105 cm³/mol. The molecule has 0 aromatic heterocycles. The summed E-state index contributed by atoms with van der Waals surface area (Å²) in [6, 6.07) is 0. The molecule has 0 radical (unpaired) electrons. The first-order valence-electron chi connectivity index (χ1n) is 8.64. The molecule has 1 unspecified atom stereocenters. The Morgan fingerprint density at radius 1 is 1.08 bits per heavy atom. The van der Waals surface area contributed by atoms with Gasteiger partial charge in [0.05, 0.1) is 17.8 Å². The Hall–Kier alpha value is -1.68. The van der Waals surface area contributed by atoms with Crippen LogP contribution in [0.1, 0.15) is 41.0 Å². The number of hydrogen-bond acceptors (Lipinski definition) is 3. The van der Waals surface area contributed by atoms with E-state index < -0.39 is 16.8 Å². The zero-order valence-corrected chi connectivity index (χ0v) is 16.1. The molecule has 0 saturated carbocycles. The highest BCUT2D eigenvalue weighted by Gasteiger charge is 2.22. The maximum Gasteiger partial charge on any atom is 0.102 e. The topological polar surface area (TPSA) is 49.7 Å². The summed E-state index contributed by atoms with van der Waals surface area (Å²) >= 11 is 0. The van der Waals surface area contributed by atoms with E-state index >= 15 is 0 Å². The molecule has 138 valence electrons. The minimum Gasteiger partial charge on any atom is -0.390 e. The number of aliphatic hydroxyl groups is 2. The summed E-state index contributed by atoms with van der Waals surface area (Å²) in [6.45, 7) is 13.3. The molecule has 0 heterocycles. The lowest BCUT2D eigenvalue weighted by atomic mass is 10.0. The second-order valence-electron chi connectivity index (χ2n) is 7.75. The monoisotopic (exact) mass is 344 g/mol. The second-order valence-corrected chi connectivity index (χ2v) is 7.75. The average Bonchev–Trinajstić information content (AvgIpc) is 2.58. The van der Waals surface area contributed by atoms with Crippen LogP contribution in [0.2, 0.25) is 0 Å². The van der Waals surface area contributed by atoms with Crippen molar-refractivity contribution in [2.24, 2.45) is 0 Å². The number of rotatable bonds is 7. The number of allylic oxidation sites excluding steroid dienone is 8. The molecule has 0 aromatic rings. The van der Waals surface area contributed by atoms with Crippen molar-refractivity contribution < 1.29 is 14.9 Å². The van der Waals surface area contributed by atoms with Gasteiger partial charge in [-0.25, -0.2) is 0 Å². The molecular formula is C22H32O3. The van der Waals surface area contributed by atoms with Gasteiger partial charge in [-0.1, -0.05) is 49.1 Å². The predicted octanol–water partition coefficient (Wildman–Crippen LogP) is 4.41. The summed E-state index contributed by atoms with van der Waals surface area (Å²) in [5, 5.41) is 19.6. The SMILES string of the molecule is C=C/C=C1/C=CC(C)(OCCC(C)(C)O)C=C/C1=C/C=C/C(C)(C)O. The Labute approximate surface area is 152 Å². The van der Waals surface area contributed by atoms with Gasteiger partial charge in [-0.05, 0) is 64.3 Å². The number of ether oxygens (including phenoxy) is 1. The highest BCUT2D eigenvalue weighted by atomic mass is 16.5. The largest absolute Gasteiger partial charge is 0.390 e. The summed E-state index contributed by atoms with van der Waals surface area (Å²) in [7, 11) is 0. The van der Waals surface area contributed by atoms with Crippen LogP contribution in [0.4, 0.5) is 0 Å². The maximum absolute atomic E-state index is 9.83. The summed E-state index contributed by atoms with van der Waals surface area (Å²) < 4.78 is 5.99. The van der Waals surface area contributed by atoms with Crippen molar-refractivity contribution in [3.63, 3.8) is 0 Å². The van der Waals surface area contributed by atoms with Gasteiger partial charge in [0.2, 0.25) is 0 Å². The first kappa shape index (κ1) is 21.4. The lowest BCUT2D eigenvalue weighted by Crippen LogP contribution is -2.28. The third kappa shape index (κ3) is 8.82. The molecular weight excluding hydrogens is 312 g/mol. The van der Waals surface area contributed by atoms with Crippen LogP contribution in [0.15, 0.2) is 72.4 Å². The van der Waals surface area contributed by atoms with Gasteiger partial charge in [-0.3, -0.25) is 0 Å². The van der Waals surface area contributed by atoms with Crippen molar-refractivity contribution in [3.8, 4) is 0 Å². The van der Waals surface area contributed by atoms with Crippen LogP contribution in [-0.4, -0.2) is 33.6 Å².